The molecule has 0 unspecified atom stereocenters. The lowest BCUT2D eigenvalue weighted by molar-refractivity contribution is -0.148. The number of carbonyl (C=O) groups excluding carboxylic acids is 1. The molecule has 20 heavy (non-hydrogen) atoms. The molecule has 0 radical (unpaired) electrons. The minimum Gasteiger partial charge on any atom is -0.385 e. The molecule has 2 atom stereocenters. The fraction of sp³-hybridized carbons (Fsp3) is 0.438. The van der Waals surface area contributed by atoms with Gasteiger partial charge in [-0.05, 0) is 26.3 Å². The van der Waals surface area contributed by atoms with Crippen molar-refractivity contribution in [1.82, 2.24) is 4.90 Å². The standard InChI is InChI=1S/C16H22FNO2/c1-4-18(5-2)15(20)16(3,17)14(19)12-11-13-9-7-6-8-10-13/h6-12,14,19H,4-5H2,1-3H3/b12-11+/t14-,16-/m0/s1. The third kappa shape index (κ3) is 3.90. The smallest absolute Gasteiger partial charge is 0.263 e. The highest BCUT2D eigenvalue weighted by molar-refractivity contribution is 5.86. The van der Waals surface area contributed by atoms with Crippen LogP contribution in [0.15, 0.2) is 36.4 Å². The largest absolute Gasteiger partial charge is 0.385 e. The van der Waals surface area contributed by atoms with E-state index in [1.54, 1.807) is 19.9 Å². The van der Waals surface area contributed by atoms with Crippen molar-refractivity contribution < 1.29 is 14.3 Å². The maximum Gasteiger partial charge on any atom is 0.263 e. The molecule has 1 amide bonds. The van der Waals surface area contributed by atoms with Crippen LogP contribution in [0.4, 0.5) is 4.39 Å². The quantitative estimate of drug-likeness (QED) is 0.869. The predicted octanol–water partition coefficient (Wildman–Crippen LogP) is 2.66. The first-order chi connectivity index (χ1) is 9.43. The Hall–Kier alpha value is -1.68. The minimum atomic E-state index is -2.32. The van der Waals surface area contributed by atoms with E-state index in [0.29, 0.717) is 13.1 Å². The van der Waals surface area contributed by atoms with Crippen molar-refractivity contribution >= 4 is 12.0 Å². The monoisotopic (exact) mass is 279 g/mol. The van der Waals surface area contributed by atoms with Crippen molar-refractivity contribution in [2.75, 3.05) is 13.1 Å². The second kappa shape index (κ2) is 7.20. The molecule has 0 aromatic heterocycles. The van der Waals surface area contributed by atoms with Crippen molar-refractivity contribution in [3.63, 3.8) is 0 Å². The molecular formula is C16H22FNO2. The number of nitrogens with zero attached hydrogens (tertiary/aromatic N) is 1. The molecule has 1 N–H and O–H groups in total. The van der Waals surface area contributed by atoms with E-state index in [9.17, 15) is 14.3 Å². The van der Waals surface area contributed by atoms with Crippen LogP contribution < -0.4 is 0 Å². The second-order valence-corrected chi connectivity index (χ2v) is 4.77. The Morgan fingerprint density at radius 1 is 1.35 bits per heavy atom. The van der Waals surface area contributed by atoms with Gasteiger partial charge in [-0.2, -0.15) is 0 Å². The number of alkyl halides is 1. The van der Waals surface area contributed by atoms with Crippen molar-refractivity contribution in [2.24, 2.45) is 0 Å². The lowest BCUT2D eigenvalue weighted by Crippen LogP contribution is -2.50. The van der Waals surface area contributed by atoms with Crippen LogP contribution in [-0.2, 0) is 4.79 Å². The molecule has 0 spiro atoms. The summed E-state index contributed by atoms with van der Waals surface area (Å²) in [4.78, 5) is 13.4. The fourth-order valence-electron chi connectivity index (χ4n) is 1.89. The highest BCUT2D eigenvalue weighted by atomic mass is 19.1. The molecule has 1 aromatic rings. The van der Waals surface area contributed by atoms with E-state index in [2.05, 4.69) is 0 Å². The summed E-state index contributed by atoms with van der Waals surface area (Å²) >= 11 is 0. The van der Waals surface area contributed by atoms with Gasteiger partial charge in [0.1, 0.15) is 6.10 Å². The molecule has 1 aromatic carbocycles. The fourth-order valence-corrected chi connectivity index (χ4v) is 1.89. The van der Waals surface area contributed by atoms with Gasteiger partial charge in [0.15, 0.2) is 0 Å². The van der Waals surface area contributed by atoms with Gasteiger partial charge in [-0.1, -0.05) is 42.5 Å². The number of aliphatic hydroxyl groups excluding tert-OH is 1. The van der Waals surface area contributed by atoms with E-state index in [4.69, 9.17) is 0 Å². The molecule has 0 fully saturated rings. The molecule has 3 nitrogen and oxygen atoms in total. The first-order valence-corrected chi connectivity index (χ1v) is 6.83. The first kappa shape index (κ1) is 16.4. The summed E-state index contributed by atoms with van der Waals surface area (Å²) in [5.74, 6) is -0.687. The van der Waals surface area contributed by atoms with Crippen LogP contribution in [-0.4, -0.2) is 40.8 Å². The summed E-state index contributed by atoms with van der Waals surface area (Å²) in [7, 11) is 0. The van der Waals surface area contributed by atoms with Gasteiger partial charge in [-0.25, -0.2) is 4.39 Å². The number of rotatable bonds is 6. The Labute approximate surface area is 119 Å². The predicted molar refractivity (Wildman–Crippen MR) is 78.9 cm³/mol. The maximum absolute atomic E-state index is 14.5. The molecule has 0 aliphatic rings. The number of carbonyl (C=O) groups is 1. The molecule has 0 saturated carbocycles. The van der Waals surface area contributed by atoms with Crippen LogP contribution in [0.3, 0.4) is 0 Å². The second-order valence-electron chi connectivity index (χ2n) is 4.77. The third-order valence-corrected chi connectivity index (χ3v) is 3.29. The maximum atomic E-state index is 14.5. The van der Waals surface area contributed by atoms with E-state index in [-0.39, 0.29) is 0 Å². The molecular weight excluding hydrogens is 257 g/mol. The van der Waals surface area contributed by atoms with E-state index in [1.807, 2.05) is 30.3 Å². The van der Waals surface area contributed by atoms with Crippen LogP contribution in [0.5, 0.6) is 0 Å². The van der Waals surface area contributed by atoms with Crippen LogP contribution in [0, 0.1) is 0 Å². The van der Waals surface area contributed by atoms with Crippen molar-refractivity contribution in [3.8, 4) is 0 Å². The van der Waals surface area contributed by atoms with Gasteiger partial charge in [0.2, 0.25) is 5.67 Å². The molecule has 110 valence electrons. The minimum absolute atomic E-state index is 0.421. The number of amides is 1. The lowest BCUT2D eigenvalue weighted by atomic mass is 9.98. The van der Waals surface area contributed by atoms with Gasteiger partial charge in [0.05, 0.1) is 0 Å². The molecule has 0 bridgehead atoms. The number of halogens is 1. The van der Waals surface area contributed by atoms with Gasteiger partial charge < -0.3 is 10.0 Å². The number of hydrogen-bond donors (Lipinski definition) is 1. The lowest BCUT2D eigenvalue weighted by Gasteiger charge is -2.29. The van der Waals surface area contributed by atoms with Gasteiger partial charge >= 0.3 is 0 Å². The van der Waals surface area contributed by atoms with Crippen molar-refractivity contribution in [1.29, 1.82) is 0 Å². The van der Waals surface area contributed by atoms with Crippen LogP contribution in [0.2, 0.25) is 0 Å². The average Bonchev–Trinajstić information content (AvgIpc) is 2.46. The van der Waals surface area contributed by atoms with Crippen LogP contribution >= 0.6 is 0 Å². The van der Waals surface area contributed by atoms with E-state index in [0.717, 1.165) is 12.5 Å². The molecule has 0 aliphatic heterocycles. The molecule has 1 rings (SSSR count). The Morgan fingerprint density at radius 3 is 2.40 bits per heavy atom. The van der Waals surface area contributed by atoms with Gasteiger partial charge in [-0.15, -0.1) is 0 Å². The topological polar surface area (TPSA) is 40.5 Å². The third-order valence-electron chi connectivity index (χ3n) is 3.29. The van der Waals surface area contributed by atoms with E-state index >= 15 is 0 Å². The normalized spacial score (nSPS) is 15.8. The zero-order valence-corrected chi connectivity index (χ0v) is 12.2. The summed E-state index contributed by atoms with van der Waals surface area (Å²) in [5, 5.41) is 9.94. The Balaban J connectivity index is 2.81. The number of aliphatic hydroxyl groups is 1. The summed E-state index contributed by atoms with van der Waals surface area (Å²) in [6, 6.07) is 9.25. The van der Waals surface area contributed by atoms with Crippen molar-refractivity contribution in [3.05, 3.63) is 42.0 Å². The number of benzene rings is 1. The molecule has 4 heteroatoms. The van der Waals surface area contributed by atoms with Crippen LogP contribution in [0.1, 0.15) is 26.3 Å². The summed E-state index contributed by atoms with van der Waals surface area (Å²) in [6.45, 7) is 5.52. The highest BCUT2D eigenvalue weighted by Crippen LogP contribution is 2.21. The Kier molecular flexibility index (Phi) is 5.89. The molecule has 0 aliphatic carbocycles. The van der Waals surface area contributed by atoms with Gasteiger partial charge in [0, 0.05) is 13.1 Å². The van der Waals surface area contributed by atoms with Crippen LogP contribution in [0.25, 0.3) is 6.08 Å². The van der Waals surface area contributed by atoms with Gasteiger partial charge in [-0.3, -0.25) is 4.79 Å². The first-order valence-electron chi connectivity index (χ1n) is 6.83. The summed E-state index contributed by atoms with van der Waals surface area (Å²) < 4.78 is 14.5. The highest BCUT2D eigenvalue weighted by Gasteiger charge is 2.41. The zero-order chi connectivity index (χ0) is 15.2. The van der Waals surface area contributed by atoms with E-state index < -0.39 is 17.7 Å². The Morgan fingerprint density at radius 2 is 1.90 bits per heavy atom. The zero-order valence-electron chi connectivity index (χ0n) is 12.2. The van der Waals surface area contributed by atoms with Gasteiger partial charge in [0.25, 0.3) is 5.91 Å². The summed E-state index contributed by atoms with van der Waals surface area (Å²) in [5.41, 5.74) is -1.48. The molecule has 0 saturated heterocycles. The average molecular weight is 279 g/mol. The molecule has 0 heterocycles. The van der Waals surface area contributed by atoms with E-state index in [1.165, 1.54) is 11.0 Å². The Bertz CT molecular complexity index is 453. The SMILES string of the molecule is CCN(CC)C(=O)[C@@](C)(F)[C@@H](O)/C=C/c1ccccc1. The number of hydrogen-bond acceptors (Lipinski definition) is 2. The summed E-state index contributed by atoms with van der Waals surface area (Å²) in [6.07, 6.45) is 1.45. The van der Waals surface area contributed by atoms with Crippen molar-refractivity contribution in [2.45, 2.75) is 32.5 Å².